The first kappa shape index (κ1) is 16.5. The van der Waals surface area contributed by atoms with Crippen molar-refractivity contribution >= 4 is 5.97 Å². The second-order valence-corrected chi connectivity index (χ2v) is 5.06. The van der Waals surface area contributed by atoms with Crippen LogP contribution in [-0.2, 0) is 11.3 Å². The minimum absolute atomic E-state index is 0.0168. The molecule has 1 aliphatic rings. The van der Waals surface area contributed by atoms with Gasteiger partial charge in [0.15, 0.2) is 11.5 Å². The summed E-state index contributed by atoms with van der Waals surface area (Å²) in [5.74, 6) is -0.608. The Balaban J connectivity index is 2.14. The molecule has 0 radical (unpaired) electrons. The number of rotatable bonds is 7. The molecular formula is C15H19F2NO4. The lowest BCUT2D eigenvalue weighted by Gasteiger charge is -2.21. The Morgan fingerprint density at radius 1 is 1.45 bits per heavy atom. The highest BCUT2D eigenvalue weighted by atomic mass is 19.3. The number of hydrogen-bond donors (Lipinski definition) is 1. The van der Waals surface area contributed by atoms with Gasteiger partial charge in [-0.1, -0.05) is 6.07 Å². The van der Waals surface area contributed by atoms with Crippen LogP contribution in [-0.4, -0.2) is 41.8 Å². The minimum Gasteiger partial charge on any atom is -0.490 e. The first-order chi connectivity index (χ1) is 10.5. The predicted molar refractivity (Wildman–Crippen MR) is 75.3 cm³/mol. The first-order valence-electron chi connectivity index (χ1n) is 7.18. The third-order valence-electron chi connectivity index (χ3n) is 3.56. The van der Waals surface area contributed by atoms with E-state index in [4.69, 9.17) is 4.74 Å². The van der Waals surface area contributed by atoms with Crippen molar-refractivity contribution < 1.29 is 28.2 Å². The zero-order valence-corrected chi connectivity index (χ0v) is 12.3. The molecule has 0 aromatic heterocycles. The number of carboxylic acids is 1. The zero-order chi connectivity index (χ0) is 16.1. The number of halogens is 2. The van der Waals surface area contributed by atoms with Crippen molar-refractivity contribution in [2.24, 2.45) is 0 Å². The van der Waals surface area contributed by atoms with Crippen molar-refractivity contribution in [3.63, 3.8) is 0 Å². The van der Waals surface area contributed by atoms with E-state index in [1.54, 1.807) is 19.1 Å². The van der Waals surface area contributed by atoms with Crippen molar-refractivity contribution in [2.45, 2.75) is 39.0 Å². The smallest absolute Gasteiger partial charge is 0.387 e. The summed E-state index contributed by atoms with van der Waals surface area (Å²) in [5.41, 5.74) is 0.804. The maximum atomic E-state index is 12.4. The molecule has 2 rings (SSSR count). The Morgan fingerprint density at radius 2 is 2.23 bits per heavy atom. The fourth-order valence-corrected chi connectivity index (χ4v) is 2.64. The molecule has 5 nitrogen and oxygen atoms in total. The fraction of sp³-hybridized carbons (Fsp3) is 0.533. The largest absolute Gasteiger partial charge is 0.490 e. The summed E-state index contributed by atoms with van der Waals surface area (Å²) in [7, 11) is 0. The summed E-state index contributed by atoms with van der Waals surface area (Å²) in [6, 6.07) is 4.21. The summed E-state index contributed by atoms with van der Waals surface area (Å²) < 4.78 is 34.5. The molecule has 1 aromatic carbocycles. The highest BCUT2D eigenvalue weighted by molar-refractivity contribution is 5.73. The lowest BCUT2D eigenvalue weighted by Crippen LogP contribution is -2.35. The fourth-order valence-electron chi connectivity index (χ4n) is 2.64. The van der Waals surface area contributed by atoms with E-state index < -0.39 is 18.6 Å². The van der Waals surface area contributed by atoms with E-state index in [1.165, 1.54) is 6.07 Å². The van der Waals surface area contributed by atoms with Crippen LogP contribution in [0.2, 0.25) is 0 Å². The minimum atomic E-state index is -2.92. The monoisotopic (exact) mass is 315 g/mol. The van der Waals surface area contributed by atoms with Crippen LogP contribution < -0.4 is 9.47 Å². The van der Waals surface area contributed by atoms with Crippen LogP contribution in [0, 0.1) is 0 Å². The topological polar surface area (TPSA) is 59.0 Å². The van der Waals surface area contributed by atoms with Gasteiger partial charge in [0.05, 0.1) is 6.61 Å². The lowest BCUT2D eigenvalue weighted by molar-refractivity contribution is -0.142. The van der Waals surface area contributed by atoms with E-state index in [9.17, 15) is 18.7 Å². The number of aliphatic carboxylic acids is 1. The Kier molecular flexibility index (Phi) is 5.54. The number of benzene rings is 1. The number of hydrogen-bond acceptors (Lipinski definition) is 4. The first-order valence-corrected chi connectivity index (χ1v) is 7.18. The highest BCUT2D eigenvalue weighted by Crippen LogP contribution is 2.31. The van der Waals surface area contributed by atoms with Crippen LogP contribution in [0.5, 0.6) is 11.5 Å². The van der Waals surface area contributed by atoms with E-state index in [1.807, 2.05) is 4.90 Å². The second kappa shape index (κ2) is 7.40. The number of nitrogens with zero attached hydrogens (tertiary/aromatic N) is 1. The maximum Gasteiger partial charge on any atom is 0.387 e. The van der Waals surface area contributed by atoms with E-state index in [-0.39, 0.29) is 11.5 Å². The standard InChI is InChI=1S/C15H19F2NO4/c1-2-21-13-8-10(5-6-12(13)22-15(16)17)9-18-7-3-4-11(18)14(19)20/h5-6,8,11,15H,2-4,7,9H2,1H3,(H,19,20). The van der Waals surface area contributed by atoms with Gasteiger partial charge in [0.25, 0.3) is 0 Å². The van der Waals surface area contributed by atoms with Gasteiger partial charge in [-0.05, 0) is 44.0 Å². The molecule has 0 aliphatic carbocycles. The molecule has 1 unspecified atom stereocenters. The van der Waals surface area contributed by atoms with Gasteiger partial charge in [-0.15, -0.1) is 0 Å². The van der Waals surface area contributed by atoms with Crippen LogP contribution >= 0.6 is 0 Å². The molecule has 1 saturated heterocycles. The van der Waals surface area contributed by atoms with Crippen LogP contribution in [0.15, 0.2) is 18.2 Å². The molecule has 1 atom stereocenters. The average molecular weight is 315 g/mol. The Labute approximate surface area is 127 Å². The van der Waals surface area contributed by atoms with Crippen LogP contribution in [0.4, 0.5) is 8.78 Å². The Hall–Kier alpha value is -1.89. The number of ether oxygens (including phenoxy) is 2. The normalized spacial score (nSPS) is 18.6. The van der Waals surface area contributed by atoms with Crippen molar-refractivity contribution in [1.82, 2.24) is 4.90 Å². The Bertz CT molecular complexity index is 524. The number of alkyl halides is 2. The molecule has 1 heterocycles. The quantitative estimate of drug-likeness (QED) is 0.838. The molecule has 22 heavy (non-hydrogen) atoms. The molecule has 0 amide bonds. The molecule has 0 saturated carbocycles. The molecule has 1 N–H and O–H groups in total. The third-order valence-corrected chi connectivity index (χ3v) is 3.56. The molecule has 7 heteroatoms. The molecule has 0 bridgehead atoms. The molecule has 1 aromatic rings. The van der Waals surface area contributed by atoms with Gasteiger partial charge in [-0.25, -0.2) is 0 Å². The predicted octanol–water partition coefficient (Wildman–Crippen LogP) is 2.74. The highest BCUT2D eigenvalue weighted by Gasteiger charge is 2.30. The Morgan fingerprint density at radius 3 is 2.86 bits per heavy atom. The van der Waals surface area contributed by atoms with Crippen LogP contribution in [0.1, 0.15) is 25.3 Å². The number of likely N-dealkylation sites (tertiary alicyclic amines) is 1. The van der Waals surface area contributed by atoms with Crippen molar-refractivity contribution in [2.75, 3.05) is 13.2 Å². The van der Waals surface area contributed by atoms with E-state index in [0.29, 0.717) is 26.1 Å². The van der Waals surface area contributed by atoms with Gasteiger partial charge in [-0.2, -0.15) is 8.78 Å². The van der Waals surface area contributed by atoms with E-state index >= 15 is 0 Å². The maximum absolute atomic E-state index is 12.4. The van der Waals surface area contributed by atoms with Crippen LogP contribution in [0.25, 0.3) is 0 Å². The van der Waals surface area contributed by atoms with Gasteiger partial charge in [0, 0.05) is 6.54 Å². The third kappa shape index (κ3) is 4.07. The average Bonchev–Trinajstić information content (AvgIpc) is 2.90. The summed E-state index contributed by atoms with van der Waals surface area (Å²) in [5, 5.41) is 9.17. The summed E-state index contributed by atoms with van der Waals surface area (Å²) in [6.45, 7) is 0.298. The van der Waals surface area contributed by atoms with Crippen molar-refractivity contribution in [1.29, 1.82) is 0 Å². The van der Waals surface area contributed by atoms with Gasteiger partial charge >= 0.3 is 12.6 Å². The van der Waals surface area contributed by atoms with Gasteiger partial charge in [-0.3, -0.25) is 9.69 Å². The number of carboxylic acid groups (broad SMARTS) is 1. The van der Waals surface area contributed by atoms with Crippen molar-refractivity contribution in [3.8, 4) is 11.5 Å². The second-order valence-electron chi connectivity index (χ2n) is 5.06. The molecule has 1 aliphatic heterocycles. The molecule has 122 valence electrons. The van der Waals surface area contributed by atoms with Gasteiger partial charge in [0.2, 0.25) is 0 Å². The molecular weight excluding hydrogens is 296 g/mol. The van der Waals surface area contributed by atoms with Crippen LogP contribution in [0.3, 0.4) is 0 Å². The lowest BCUT2D eigenvalue weighted by atomic mass is 10.1. The van der Waals surface area contributed by atoms with E-state index in [0.717, 1.165) is 12.0 Å². The SMILES string of the molecule is CCOc1cc(CN2CCCC2C(=O)O)ccc1OC(F)F. The molecule has 0 spiro atoms. The molecule has 1 fully saturated rings. The van der Waals surface area contributed by atoms with Gasteiger partial charge < -0.3 is 14.6 Å². The summed E-state index contributed by atoms with van der Waals surface area (Å²) >= 11 is 0. The van der Waals surface area contributed by atoms with Crippen molar-refractivity contribution in [3.05, 3.63) is 23.8 Å². The summed E-state index contributed by atoms with van der Waals surface area (Å²) in [4.78, 5) is 13.0. The van der Waals surface area contributed by atoms with Gasteiger partial charge in [0.1, 0.15) is 6.04 Å². The zero-order valence-electron chi connectivity index (χ0n) is 12.3. The number of carbonyl (C=O) groups is 1. The summed E-state index contributed by atoms with van der Waals surface area (Å²) in [6.07, 6.45) is 1.46. The van der Waals surface area contributed by atoms with E-state index in [2.05, 4.69) is 4.74 Å².